The monoisotopic (exact) mass is 330 g/mol. The van der Waals surface area contributed by atoms with Gasteiger partial charge in [-0.15, -0.1) is 0 Å². The van der Waals surface area contributed by atoms with E-state index in [0.717, 1.165) is 18.9 Å². The molecule has 2 rings (SSSR count). The van der Waals surface area contributed by atoms with Crippen LogP contribution in [0, 0.1) is 0 Å². The Kier molecular flexibility index (Phi) is 5.51. The normalized spacial score (nSPS) is 16.5. The van der Waals surface area contributed by atoms with E-state index in [1.165, 1.54) is 6.07 Å². The Labute approximate surface area is 133 Å². The van der Waals surface area contributed by atoms with Gasteiger partial charge in [0, 0.05) is 18.8 Å². The molecule has 1 atom stereocenters. The predicted octanol–water partition coefficient (Wildman–Crippen LogP) is 2.74. The average Bonchev–Trinajstić information content (AvgIpc) is 3.00. The van der Waals surface area contributed by atoms with Gasteiger partial charge < -0.3 is 15.4 Å². The molecule has 0 saturated carbocycles. The third kappa shape index (κ3) is 4.37. The van der Waals surface area contributed by atoms with Gasteiger partial charge in [0.2, 0.25) is 0 Å². The van der Waals surface area contributed by atoms with Crippen LogP contribution in [0.15, 0.2) is 18.2 Å². The van der Waals surface area contributed by atoms with Crippen molar-refractivity contribution in [3.05, 3.63) is 29.3 Å². The summed E-state index contributed by atoms with van der Waals surface area (Å²) in [7, 11) is 0. The summed E-state index contributed by atoms with van der Waals surface area (Å²) in [6.07, 6.45) is -2.64. The van der Waals surface area contributed by atoms with Crippen LogP contribution in [-0.4, -0.2) is 31.7 Å². The number of alkyl halides is 3. The fourth-order valence-electron chi connectivity index (χ4n) is 2.76. The number of hydrogen-bond donors (Lipinski definition) is 1. The maximum Gasteiger partial charge on any atom is 0.418 e. The van der Waals surface area contributed by atoms with Crippen molar-refractivity contribution >= 4 is 11.7 Å². The van der Waals surface area contributed by atoms with Gasteiger partial charge in [-0.1, -0.05) is 6.07 Å². The van der Waals surface area contributed by atoms with E-state index in [-0.39, 0.29) is 18.7 Å². The van der Waals surface area contributed by atoms with Gasteiger partial charge in [0.15, 0.2) is 0 Å². The molecule has 0 radical (unpaired) electrons. The maximum absolute atomic E-state index is 13.3. The molecule has 1 aliphatic rings. The summed E-state index contributed by atoms with van der Waals surface area (Å²) in [4.78, 5) is 13.3. The van der Waals surface area contributed by atoms with E-state index in [4.69, 9.17) is 10.5 Å². The van der Waals surface area contributed by atoms with Gasteiger partial charge in [-0.2, -0.15) is 13.2 Å². The van der Waals surface area contributed by atoms with Crippen LogP contribution in [0.2, 0.25) is 0 Å². The molecule has 1 saturated heterocycles. The van der Waals surface area contributed by atoms with E-state index in [1.54, 1.807) is 17.9 Å². The standard InChI is InChI=1S/C16H21F3N2O2/c1-2-23-15(22)13(20)10-11-5-6-14(21-7-3-4-8-21)12(9-11)16(17,18)19/h5-6,9,13H,2-4,7-8,10,20H2,1H3. The summed E-state index contributed by atoms with van der Waals surface area (Å²) in [5.41, 5.74) is 5.59. The lowest BCUT2D eigenvalue weighted by molar-refractivity contribution is -0.144. The van der Waals surface area contributed by atoms with Crippen LogP contribution in [0.25, 0.3) is 0 Å². The van der Waals surface area contributed by atoms with Gasteiger partial charge in [0.05, 0.1) is 12.2 Å². The van der Waals surface area contributed by atoms with Gasteiger partial charge in [0.25, 0.3) is 0 Å². The highest BCUT2D eigenvalue weighted by atomic mass is 19.4. The molecule has 2 N–H and O–H groups in total. The Balaban J connectivity index is 2.24. The summed E-state index contributed by atoms with van der Waals surface area (Å²) in [5.74, 6) is -0.607. The first-order valence-corrected chi connectivity index (χ1v) is 7.70. The third-order valence-corrected chi connectivity index (χ3v) is 3.86. The molecule has 1 aliphatic heterocycles. The summed E-state index contributed by atoms with van der Waals surface area (Å²) in [6.45, 7) is 3.10. The number of carbonyl (C=O) groups excluding carboxylic acids is 1. The first kappa shape index (κ1) is 17.6. The molecule has 0 aromatic heterocycles. The van der Waals surface area contributed by atoms with E-state index in [2.05, 4.69) is 0 Å². The van der Waals surface area contributed by atoms with Gasteiger partial charge >= 0.3 is 12.1 Å². The Morgan fingerprint density at radius 2 is 2.00 bits per heavy atom. The first-order valence-electron chi connectivity index (χ1n) is 7.70. The summed E-state index contributed by atoms with van der Waals surface area (Å²) in [5, 5.41) is 0. The van der Waals surface area contributed by atoms with E-state index in [0.29, 0.717) is 18.7 Å². The Bertz CT molecular complexity index is 555. The van der Waals surface area contributed by atoms with Crippen LogP contribution in [-0.2, 0) is 22.1 Å². The van der Waals surface area contributed by atoms with Gasteiger partial charge in [-0.05, 0) is 43.9 Å². The highest BCUT2D eigenvalue weighted by molar-refractivity contribution is 5.76. The maximum atomic E-state index is 13.3. The van der Waals surface area contributed by atoms with Crippen LogP contribution in [0.3, 0.4) is 0 Å². The number of ether oxygens (including phenoxy) is 1. The zero-order chi connectivity index (χ0) is 17.0. The van der Waals surface area contributed by atoms with Crippen LogP contribution in [0.1, 0.15) is 30.9 Å². The van der Waals surface area contributed by atoms with E-state index in [1.807, 2.05) is 0 Å². The lowest BCUT2D eigenvalue weighted by Crippen LogP contribution is -2.34. The van der Waals surface area contributed by atoms with Crippen molar-refractivity contribution in [3.8, 4) is 0 Å². The number of hydrogen-bond acceptors (Lipinski definition) is 4. The summed E-state index contributed by atoms with van der Waals surface area (Å²) < 4.78 is 44.8. The fourth-order valence-corrected chi connectivity index (χ4v) is 2.76. The van der Waals surface area contributed by atoms with Crippen molar-refractivity contribution in [2.45, 2.75) is 38.4 Å². The van der Waals surface area contributed by atoms with Crippen LogP contribution >= 0.6 is 0 Å². The number of benzene rings is 1. The van der Waals surface area contributed by atoms with Crippen molar-refractivity contribution in [1.82, 2.24) is 0 Å². The zero-order valence-corrected chi connectivity index (χ0v) is 13.0. The Morgan fingerprint density at radius 3 is 2.57 bits per heavy atom. The van der Waals surface area contributed by atoms with Crippen molar-refractivity contribution in [1.29, 1.82) is 0 Å². The Morgan fingerprint density at radius 1 is 1.35 bits per heavy atom. The van der Waals surface area contributed by atoms with E-state index >= 15 is 0 Å². The second-order valence-corrected chi connectivity index (χ2v) is 5.61. The number of nitrogens with two attached hydrogens (primary N) is 1. The average molecular weight is 330 g/mol. The summed E-state index contributed by atoms with van der Waals surface area (Å²) in [6, 6.07) is 3.20. The smallest absolute Gasteiger partial charge is 0.418 e. The second kappa shape index (κ2) is 7.21. The Hall–Kier alpha value is -1.76. The number of esters is 1. The minimum atomic E-state index is -4.44. The lowest BCUT2D eigenvalue weighted by Gasteiger charge is -2.23. The number of nitrogens with zero attached hydrogens (tertiary/aromatic N) is 1. The third-order valence-electron chi connectivity index (χ3n) is 3.86. The molecule has 4 nitrogen and oxygen atoms in total. The number of halogens is 3. The molecule has 1 fully saturated rings. The van der Waals surface area contributed by atoms with E-state index in [9.17, 15) is 18.0 Å². The van der Waals surface area contributed by atoms with Gasteiger partial charge in [-0.25, -0.2) is 0 Å². The highest BCUT2D eigenvalue weighted by Crippen LogP contribution is 2.38. The van der Waals surface area contributed by atoms with Crippen LogP contribution < -0.4 is 10.6 Å². The fraction of sp³-hybridized carbons (Fsp3) is 0.562. The topological polar surface area (TPSA) is 55.6 Å². The van der Waals surface area contributed by atoms with E-state index < -0.39 is 23.8 Å². The minimum Gasteiger partial charge on any atom is -0.465 e. The minimum absolute atomic E-state index is 0.0161. The molecule has 0 spiro atoms. The molecule has 1 aromatic carbocycles. The number of rotatable bonds is 5. The molecule has 23 heavy (non-hydrogen) atoms. The molecule has 1 heterocycles. The van der Waals surface area contributed by atoms with Gasteiger partial charge in [-0.3, -0.25) is 4.79 Å². The molecule has 0 amide bonds. The SMILES string of the molecule is CCOC(=O)C(N)Cc1ccc(N2CCCC2)c(C(F)(F)F)c1. The summed E-state index contributed by atoms with van der Waals surface area (Å²) >= 11 is 0. The molecule has 128 valence electrons. The quantitative estimate of drug-likeness (QED) is 0.844. The van der Waals surface area contributed by atoms with Gasteiger partial charge in [0.1, 0.15) is 6.04 Å². The molecular weight excluding hydrogens is 309 g/mol. The molecule has 1 aromatic rings. The zero-order valence-electron chi connectivity index (χ0n) is 13.0. The van der Waals surface area contributed by atoms with Crippen LogP contribution in [0.5, 0.6) is 0 Å². The number of carbonyl (C=O) groups is 1. The lowest BCUT2D eigenvalue weighted by atomic mass is 10.0. The van der Waals surface area contributed by atoms with Crippen molar-refractivity contribution < 1.29 is 22.7 Å². The van der Waals surface area contributed by atoms with Crippen molar-refractivity contribution in [3.63, 3.8) is 0 Å². The molecular formula is C16H21F3N2O2. The molecule has 0 bridgehead atoms. The second-order valence-electron chi connectivity index (χ2n) is 5.61. The molecule has 7 heteroatoms. The molecule has 1 unspecified atom stereocenters. The number of anilines is 1. The molecule has 0 aliphatic carbocycles. The van der Waals surface area contributed by atoms with Crippen molar-refractivity contribution in [2.75, 3.05) is 24.6 Å². The van der Waals surface area contributed by atoms with Crippen molar-refractivity contribution in [2.24, 2.45) is 5.73 Å². The first-order chi connectivity index (χ1) is 10.8. The highest BCUT2D eigenvalue weighted by Gasteiger charge is 2.35. The largest absolute Gasteiger partial charge is 0.465 e. The predicted molar refractivity (Wildman–Crippen MR) is 81.2 cm³/mol. The van der Waals surface area contributed by atoms with Crippen LogP contribution in [0.4, 0.5) is 18.9 Å².